The molecule has 0 aliphatic rings. The molecule has 0 heterocycles. The van der Waals surface area contributed by atoms with Crippen molar-refractivity contribution in [2.75, 3.05) is 6.61 Å². The van der Waals surface area contributed by atoms with Crippen LogP contribution in [0.15, 0.2) is 0 Å². The van der Waals surface area contributed by atoms with Crippen LogP contribution in [-0.4, -0.2) is 37.8 Å². The zero-order valence-corrected chi connectivity index (χ0v) is 21.0. The van der Waals surface area contributed by atoms with Crippen molar-refractivity contribution in [3.63, 3.8) is 0 Å². The number of esters is 1. The van der Waals surface area contributed by atoms with Gasteiger partial charge < -0.3 is 4.74 Å². The minimum absolute atomic E-state index is 0.149. The maximum atomic E-state index is 11.2. The fourth-order valence-electron chi connectivity index (χ4n) is 1.91. The van der Waals surface area contributed by atoms with Gasteiger partial charge in [0.2, 0.25) is 0 Å². The normalized spacial score (nSPS) is 10.9. The molecule has 0 spiro atoms. The van der Waals surface area contributed by atoms with Crippen molar-refractivity contribution >= 4 is 52.4 Å². The number of hydrogen-bond donors (Lipinski definition) is 2. The van der Waals surface area contributed by atoms with Gasteiger partial charge in [-0.25, -0.2) is 4.79 Å². The van der Waals surface area contributed by atoms with E-state index in [2.05, 4.69) is 46.0 Å². The fourth-order valence-corrected chi connectivity index (χ4v) is 6.20. The van der Waals surface area contributed by atoms with Gasteiger partial charge in [-0.05, 0) is 13.3 Å². The standard InChI is InChI=1S/C11H22O2S2.2C4H9.Sn/c1-3-4-5-6-7-8-9-13-10(12)11(2,14)15;2*1-3-4-2;/h14-15H,3-9H2,1-2H3;2*1,3-4H2,2H3;. The zero-order valence-electron chi connectivity index (χ0n) is 16.4. The molecule has 0 aliphatic carbocycles. The Bertz CT molecular complexity index is 263. The Balaban J connectivity index is 0. The second kappa shape index (κ2) is 20.3. The molecule has 0 rings (SSSR count). The summed E-state index contributed by atoms with van der Waals surface area (Å²) in [6.07, 6.45) is 13.0. The summed E-state index contributed by atoms with van der Waals surface area (Å²) in [7, 11) is 0. The molecule has 24 heavy (non-hydrogen) atoms. The van der Waals surface area contributed by atoms with Crippen molar-refractivity contribution < 1.29 is 9.53 Å². The third-order valence-electron chi connectivity index (χ3n) is 3.53. The van der Waals surface area contributed by atoms with Crippen LogP contribution in [0.25, 0.3) is 0 Å². The van der Waals surface area contributed by atoms with E-state index in [9.17, 15) is 4.79 Å². The van der Waals surface area contributed by atoms with Crippen LogP contribution in [-0.2, 0) is 9.53 Å². The molecule has 144 valence electrons. The summed E-state index contributed by atoms with van der Waals surface area (Å²) in [6, 6.07) is 0. The van der Waals surface area contributed by atoms with Crippen LogP contribution >= 0.6 is 25.3 Å². The van der Waals surface area contributed by atoms with Crippen LogP contribution in [0.1, 0.15) is 91.9 Å². The van der Waals surface area contributed by atoms with Gasteiger partial charge in [0.25, 0.3) is 0 Å². The molecule has 2 nitrogen and oxygen atoms in total. The molecule has 0 amide bonds. The first kappa shape index (κ1) is 27.2. The summed E-state index contributed by atoms with van der Waals surface area (Å²) in [5, 5.41) is 0. The molecule has 0 unspecified atom stereocenters. The van der Waals surface area contributed by atoms with Crippen molar-refractivity contribution in [3.05, 3.63) is 0 Å². The molecule has 0 saturated carbocycles. The van der Waals surface area contributed by atoms with Crippen LogP contribution in [0.5, 0.6) is 0 Å². The number of unbranched alkanes of at least 4 members (excludes halogenated alkanes) is 7. The summed E-state index contributed by atoms with van der Waals surface area (Å²) in [6.45, 7) is 8.88. The molecule has 0 atom stereocenters. The molecule has 0 aromatic carbocycles. The molecule has 0 aromatic rings. The van der Waals surface area contributed by atoms with E-state index in [0.717, 1.165) is 12.8 Å². The first-order chi connectivity index (χ1) is 11.4. The first-order valence-corrected chi connectivity index (χ1v) is 14.7. The van der Waals surface area contributed by atoms with Crippen LogP contribution in [0.2, 0.25) is 8.87 Å². The second-order valence-corrected chi connectivity index (χ2v) is 12.8. The van der Waals surface area contributed by atoms with E-state index in [1.54, 1.807) is 15.8 Å². The van der Waals surface area contributed by atoms with E-state index >= 15 is 0 Å². The van der Waals surface area contributed by atoms with Crippen molar-refractivity contribution in [2.45, 2.75) is 105 Å². The third-order valence-corrected chi connectivity index (χ3v) is 7.93. The molecule has 0 N–H and O–H groups in total. The van der Waals surface area contributed by atoms with Crippen molar-refractivity contribution in [1.29, 1.82) is 0 Å². The fraction of sp³-hybridized carbons (Fsp3) is 0.947. The maximum absolute atomic E-state index is 11.2. The van der Waals surface area contributed by atoms with Gasteiger partial charge in [0.05, 0.1) is 6.61 Å². The van der Waals surface area contributed by atoms with E-state index in [1.165, 1.54) is 51.4 Å². The third kappa shape index (κ3) is 23.0. The molecular weight excluding hydrogens is 443 g/mol. The molecule has 0 fully saturated rings. The molecule has 0 aliphatic heterocycles. The van der Waals surface area contributed by atoms with Gasteiger partial charge in [0, 0.05) is 0 Å². The number of carbonyl (C=O) groups is 1. The molecule has 0 bridgehead atoms. The van der Waals surface area contributed by atoms with Crippen molar-refractivity contribution in [3.8, 4) is 0 Å². The average molecular weight is 483 g/mol. The van der Waals surface area contributed by atoms with Gasteiger partial charge >= 0.3 is 75.5 Å². The molecule has 5 heteroatoms. The molecular formula is C19H40O2S2Sn. The van der Waals surface area contributed by atoms with Crippen molar-refractivity contribution in [2.24, 2.45) is 0 Å². The Kier molecular flexibility index (Phi) is 23.0. The predicted molar refractivity (Wildman–Crippen MR) is 116 cm³/mol. The van der Waals surface area contributed by atoms with Gasteiger partial charge in [-0.3, -0.25) is 0 Å². The van der Waals surface area contributed by atoms with E-state index in [1.807, 2.05) is 0 Å². The van der Waals surface area contributed by atoms with E-state index in [4.69, 9.17) is 4.74 Å². The molecule has 2 radical (unpaired) electrons. The Morgan fingerprint density at radius 1 is 0.833 bits per heavy atom. The second-order valence-electron chi connectivity index (χ2n) is 6.38. The van der Waals surface area contributed by atoms with E-state index in [-0.39, 0.29) is 27.1 Å². The summed E-state index contributed by atoms with van der Waals surface area (Å²) in [4.78, 5) is 11.2. The Hall–Kier alpha value is 0.969. The van der Waals surface area contributed by atoms with Crippen LogP contribution in [0.3, 0.4) is 0 Å². The monoisotopic (exact) mass is 484 g/mol. The molecule has 0 saturated heterocycles. The van der Waals surface area contributed by atoms with Crippen LogP contribution < -0.4 is 0 Å². The quantitative estimate of drug-likeness (QED) is 0.0959. The zero-order chi connectivity index (χ0) is 18.7. The average Bonchev–Trinajstić information content (AvgIpc) is 2.53. The van der Waals surface area contributed by atoms with Crippen molar-refractivity contribution in [1.82, 2.24) is 0 Å². The van der Waals surface area contributed by atoms with Gasteiger partial charge in [-0.2, -0.15) is 25.3 Å². The van der Waals surface area contributed by atoms with Crippen LogP contribution in [0, 0.1) is 0 Å². The van der Waals surface area contributed by atoms with Gasteiger partial charge in [0.15, 0.2) is 4.08 Å². The molecule has 0 aromatic heterocycles. The number of thiol groups is 2. The SMILES string of the molecule is CCCCCCCCOC(=O)C(C)(S)S.CCC[CH2][Sn][CH2]CCC. The van der Waals surface area contributed by atoms with Gasteiger partial charge in [0.1, 0.15) is 0 Å². The Morgan fingerprint density at radius 3 is 1.75 bits per heavy atom. The first-order valence-electron chi connectivity index (χ1n) is 9.72. The summed E-state index contributed by atoms with van der Waals surface area (Å²) < 4.78 is 7.30. The minimum atomic E-state index is -0.970. The number of rotatable bonds is 14. The number of hydrogen-bond acceptors (Lipinski definition) is 4. The summed E-state index contributed by atoms with van der Waals surface area (Å²) in [5.41, 5.74) is 0. The summed E-state index contributed by atoms with van der Waals surface area (Å²) in [5.74, 6) is -0.359. The topological polar surface area (TPSA) is 26.3 Å². The predicted octanol–water partition coefficient (Wildman–Crippen LogP) is 6.59. The summed E-state index contributed by atoms with van der Waals surface area (Å²) >= 11 is 8.17. The Labute approximate surface area is 172 Å². The number of carbonyl (C=O) groups excluding carboxylic acids is 1. The van der Waals surface area contributed by atoms with Crippen LogP contribution in [0.4, 0.5) is 0 Å². The van der Waals surface area contributed by atoms with Gasteiger partial charge in [-0.15, -0.1) is 0 Å². The van der Waals surface area contributed by atoms with Gasteiger partial charge in [-0.1, -0.05) is 39.0 Å². The van der Waals surface area contributed by atoms with E-state index < -0.39 is 4.08 Å². The van der Waals surface area contributed by atoms with E-state index in [0.29, 0.717) is 6.61 Å². The number of ether oxygens (including phenoxy) is 1. The Morgan fingerprint density at radius 2 is 1.29 bits per heavy atom.